The molecule has 1 aromatic carbocycles. The fourth-order valence-electron chi connectivity index (χ4n) is 3.64. The van der Waals surface area contributed by atoms with Crippen molar-refractivity contribution in [1.82, 2.24) is 0 Å². The Morgan fingerprint density at radius 3 is 2.45 bits per heavy atom. The van der Waals surface area contributed by atoms with Gasteiger partial charge in [0.2, 0.25) is 0 Å². The van der Waals surface area contributed by atoms with Crippen LogP contribution in [0, 0.1) is 11.8 Å². The van der Waals surface area contributed by atoms with Gasteiger partial charge in [-0.15, -0.1) is 0 Å². The zero-order valence-electron chi connectivity index (χ0n) is 13.5. The number of carboxylic acid groups (broad SMARTS) is 1. The van der Waals surface area contributed by atoms with Crippen LogP contribution in [0.1, 0.15) is 32.1 Å². The molecule has 0 heterocycles. The van der Waals surface area contributed by atoms with Crippen LogP contribution in [-0.2, 0) is 9.59 Å². The maximum atomic E-state index is 12.7. The highest BCUT2D eigenvalue weighted by molar-refractivity contribution is 6.90. The van der Waals surface area contributed by atoms with Crippen LogP contribution >= 0.6 is 0 Å². The van der Waals surface area contributed by atoms with Gasteiger partial charge < -0.3 is 5.11 Å². The average molecular weight is 318 g/mol. The van der Waals surface area contributed by atoms with E-state index < -0.39 is 14.0 Å². The van der Waals surface area contributed by atoms with Crippen molar-refractivity contribution in [3.05, 3.63) is 30.3 Å². The summed E-state index contributed by atoms with van der Waals surface area (Å²) in [6.07, 6.45) is 3.53. The van der Waals surface area contributed by atoms with E-state index in [1.54, 1.807) is 0 Å². The fraction of sp³-hybridized carbons (Fsp3) is 0.556. The van der Waals surface area contributed by atoms with Crippen molar-refractivity contribution in [2.45, 2.75) is 51.2 Å². The zero-order chi connectivity index (χ0) is 16.2. The largest absolute Gasteiger partial charge is 0.481 e. The van der Waals surface area contributed by atoms with Crippen LogP contribution in [0.2, 0.25) is 19.1 Å². The minimum absolute atomic E-state index is 0.0320. The Bertz CT molecular complexity index is 524. The van der Waals surface area contributed by atoms with Crippen LogP contribution in [0.3, 0.4) is 0 Å². The molecule has 2 unspecified atom stereocenters. The molecule has 22 heavy (non-hydrogen) atoms. The van der Waals surface area contributed by atoms with E-state index in [2.05, 4.69) is 37.4 Å². The molecule has 2 atom stereocenters. The number of carboxylic acids is 1. The summed E-state index contributed by atoms with van der Waals surface area (Å²) in [4.78, 5) is 23.4. The summed E-state index contributed by atoms with van der Waals surface area (Å²) >= 11 is 0. The van der Waals surface area contributed by atoms with Gasteiger partial charge in [0.15, 0.2) is 0 Å². The molecule has 1 fully saturated rings. The Morgan fingerprint density at radius 1 is 1.18 bits per heavy atom. The van der Waals surface area contributed by atoms with Gasteiger partial charge in [-0.25, -0.2) is 0 Å². The summed E-state index contributed by atoms with van der Waals surface area (Å²) in [5.74, 6) is -0.372. The van der Waals surface area contributed by atoms with E-state index in [1.807, 2.05) is 6.07 Å². The lowest BCUT2D eigenvalue weighted by Crippen LogP contribution is -2.45. The summed E-state index contributed by atoms with van der Waals surface area (Å²) in [7, 11) is -1.62. The predicted octanol–water partition coefficient (Wildman–Crippen LogP) is 3.45. The lowest BCUT2D eigenvalue weighted by Gasteiger charge is -2.33. The number of ketones is 1. The standard InChI is InChI=1S/C18H26O3Si/c1-22(2,16-9-4-3-5-10-16)13-15-8-6-7-14(18(15)21)11-12-17(19)20/h3-5,9-10,14-15H,6-8,11-13H2,1-2H3,(H,19,20). The Balaban J connectivity index is 2.02. The van der Waals surface area contributed by atoms with Crippen molar-refractivity contribution in [1.29, 1.82) is 0 Å². The van der Waals surface area contributed by atoms with Gasteiger partial charge in [0.05, 0.1) is 8.07 Å². The molecule has 2 rings (SSSR count). The first-order valence-corrected chi connectivity index (χ1v) is 11.4. The third kappa shape index (κ3) is 4.29. The molecule has 1 aromatic rings. The second kappa shape index (κ2) is 7.23. The fourth-order valence-corrected chi connectivity index (χ4v) is 6.61. The van der Waals surface area contributed by atoms with Crippen LogP contribution in [0.25, 0.3) is 0 Å². The molecule has 0 aliphatic heterocycles. The molecule has 4 heteroatoms. The molecule has 0 bridgehead atoms. The van der Waals surface area contributed by atoms with Crippen molar-refractivity contribution in [3.63, 3.8) is 0 Å². The minimum atomic E-state index is -1.62. The number of Topliss-reactive ketones (excluding diaryl/α,β-unsaturated/α-hetero) is 1. The number of hydrogen-bond acceptors (Lipinski definition) is 2. The molecule has 1 N–H and O–H groups in total. The SMILES string of the molecule is C[Si](C)(CC1CCCC(CCC(=O)O)C1=O)c1ccccc1. The molecule has 0 radical (unpaired) electrons. The summed E-state index contributed by atoms with van der Waals surface area (Å²) < 4.78 is 0. The summed E-state index contributed by atoms with van der Waals surface area (Å²) in [6.45, 7) is 4.66. The number of carbonyl (C=O) groups excluding carboxylic acids is 1. The summed E-state index contributed by atoms with van der Waals surface area (Å²) in [5.41, 5.74) is 0. The Labute approximate surface area is 133 Å². The van der Waals surface area contributed by atoms with Crippen molar-refractivity contribution < 1.29 is 14.7 Å². The number of carbonyl (C=O) groups is 2. The second-order valence-corrected chi connectivity index (χ2v) is 11.9. The molecule has 1 aliphatic rings. The highest BCUT2D eigenvalue weighted by Gasteiger charge is 2.36. The topological polar surface area (TPSA) is 54.4 Å². The molecule has 0 saturated heterocycles. The Morgan fingerprint density at radius 2 is 1.82 bits per heavy atom. The monoisotopic (exact) mass is 318 g/mol. The van der Waals surface area contributed by atoms with Gasteiger partial charge in [-0.2, -0.15) is 0 Å². The van der Waals surface area contributed by atoms with Crippen LogP contribution in [0.5, 0.6) is 0 Å². The van der Waals surface area contributed by atoms with E-state index in [0.29, 0.717) is 12.2 Å². The Hall–Kier alpha value is -1.42. The van der Waals surface area contributed by atoms with Gasteiger partial charge in [0.1, 0.15) is 5.78 Å². The van der Waals surface area contributed by atoms with Crippen LogP contribution < -0.4 is 5.19 Å². The summed E-state index contributed by atoms with van der Waals surface area (Å²) in [6, 6.07) is 11.5. The maximum Gasteiger partial charge on any atom is 0.303 e. The van der Waals surface area contributed by atoms with E-state index in [9.17, 15) is 9.59 Å². The number of rotatable bonds is 6. The molecule has 120 valence electrons. The van der Waals surface area contributed by atoms with Crippen LogP contribution in [0.4, 0.5) is 0 Å². The van der Waals surface area contributed by atoms with Gasteiger partial charge >= 0.3 is 5.97 Å². The number of hydrogen-bond donors (Lipinski definition) is 1. The number of benzene rings is 1. The summed E-state index contributed by atoms with van der Waals surface area (Å²) in [5, 5.41) is 10.2. The third-order valence-corrected chi connectivity index (χ3v) is 8.34. The van der Waals surface area contributed by atoms with Gasteiger partial charge in [-0.3, -0.25) is 9.59 Å². The van der Waals surface area contributed by atoms with Gasteiger partial charge in [-0.05, 0) is 25.3 Å². The van der Waals surface area contributed by atoms with Crippen molar-refractivity contribution in [2.24, 2.45) is 11.8 Å². The quantitative estimate of drug-likeness (QED) is 0.817. The van der Waals surface area contributed by atoms with E-state index in [-0.39, 0.29) is 18.3 Å². The van der Waals surface area contributed by atoms with Crippen LogP contribution in [0.15, 0.2) is 30.3 Å². The maximum absolute atomic E-state index is 12.7. The molecule has 0 spiro atoms. The predicted molar refractivity (Wildman–Crippen MR) is 91.1 cm³/mol. The van der Waals surface area contributed by atoms with Gasteiger partial charge in [0.25, 0.3) is 0 Å². The van der Waals surface area contributed by atoms with Crippen molar-refractivity contribution in [2.75, 3.05) is 0 Å². The lowest BCUT2D eigenvalue weighted by molar-refractivity contribution is -0.137. The number of aliphatic carboxylic acids is 1. The Kier molecular flexibility index (Phi) is 5.56. The third-order valence-electron chi connectivity index (χ3n) is 4.93. The molecule has 3 nitrogen and oxygen atoms in total. The lowest BCUT2D eigenvalue weighted by atomic mass is 9.79. The van der Waals surface area contributed by atoms with Crippen LogP contribution in [-0.4, -0.2) is 24.9 Å². The van der Waals surface area contributed by atoms with Gasteiger partial charge in [0, 0.05) is 18.3 Å². The molecule has 0 aromatic heterocycles. The van der Waals surface area contributed by atoms with E-state index in [4.69, 9.17) is 5.11 Å². The van der Waals surface area contributed by atoms with E-state index >= 15 is 0 Å². The average Bonchev–Trinajstić information content (AvgIpc) is 2.49. The van der Waals surface area contributed by atoms with E-state index in [0.717, 1.165) is 25.3 Å². The van der Waals surface area contributed by atoms with Gasteiger partial charge in [-0.1, -0.05) is 55.0 Å². The first kappa shape index (κ1) is 16.9. The minimum Gasteiger partial charge on any atom is -0.481 e. The molecule has 1 aliphatic carbocycles. The normalized spacial score (nSPS) is 22.5. The molecule has 0 amide bonds. The second-order valence-electron chi connectivity index (χ2n) is 7.11. The first-order valence-electron chi connectivity index (χ1n) is 8.21. The highest BCUT2D eigenvalue weighted by Crippen LogP contribution is 2.33. The smallest absolute Gasteiger partial charge is 0.303 e. The molecular formula is C18H26O3Si. The molecular weight excluding hydrogens is 292 g/mol. The molecule has 1 saturated carbocycles. The zero-order valence-corrected chi connectivity index (χ0v) is 14.5. The highest BCUT2D eigenvalue weighted by atomic mass is 28.3. The van der Waals surface area contributed by atoms with E-state index in [1.165, 1.54) is 5.19 Å². The first-order chi connectivity index (χ1) is 10.4. The van der Waals surface area contributed by atoms with Crippen molar-refractivity contribution >= 4 is 25.0 Å². The van der Waals surface area contributed by atoms with Crippen molar-refractivity contribution in [3.8, 4) is 0 Å².